The van der Waals surface area contributed by atoms with Crippen molar-refractivity contribution in [3.05, 3.63) is 23.9 Å². The molecular weight excluding hydrogens is 334 g/mol. The van der Waals surface area contributed by atoms with Gasteiger partial charge < -0.3 is 19.8 Å². The Kier molecular flexibility index (Phi) is 5.46. The molecule has 1 aromatic carbocycles. The molecule has 1 aromatic heterocycles. The van der Waals surface area contributed by atoms with Crippen molar-refractivity contribution in [3.63, 3.8) is 0 Å². The van der Waals surface area contributed by atoms with Gasteiger partial charge in [0.1, 0.15) is 11.4 Å². The van der Waals surface area contributed by atoms with Gasteiger partial charge in [0.25, 0.3) is 0 Å². The second-order valence-corrected chi connectivity index (χ2v) is 6.64. The van der Waals surface area contributed by atoms with Crippen LogP contribution in [0, 0.1) is 0 Å². The molecule has 0 saturated carbocycles. The number of aromatic nitrogens is 1. The number of H-pyrrole nitrogens is 1. The van der Waals surface area contributed by atoms with E-state index in [-0.39, 0.29) is 11.6 Å². The number of anilines is 1. The molecule has 1 saturated heterocycles. The van der Waals surface area contributed by atoms with E-state index in [2.05, 4.69) is 22.1 Å². The van der Waals surface area contributed by atoms with Crippen LogP contribution < -0.4 is 10.1 Å². The van der Waals surface area contributed by atoms with Crippen molar-refractivity contribution < 1.29 is 19.1 Å². The Morgan fingerprint density at radius 1 is 1.31 bits per heavy atom. The van der Waals surface area contributed by atoms with Crippen LogP contribution in [0.25, 0.3) is 10.9 Å². The van der Waals surface area contributed by atoms with E-state index in [0.717, 1.165) is 24.8 Å². The summed E-state index contributed by atoms with van der Waals surface area (Å²) in [5.41, 5.74) is 1.38. The van der Waals surface area contributed by atoms with E-state index >= 15 is 0 Å². The number of aromatic amines is 1. The van der Waals surface area contributed by atoms with Crippen LogP contribution in [0.15, 0.2) is 18.2 Å². The molecule has 2 N–H and O–H groups in total. The first-order chi connectivity index (χ1) is 12.5. The van der Waals surface area contributed by atoms with Crippen molar-refractivity contribution >= 4 is 28.5 Å². The number of rotatable bonds is 5. The number of carbonyl (C=O) groups excluding carboxylic acids is 2. The lowest BCUT2D eigenvalue weighted by Crippen LogP contribution is -2.42. The summed E-state index contributed by atoms with van der Waals surface area (Å²) in [5.74, 6) is -0.00221. The van der Waals surface area contributed by atoms with Crippen molar-refractivity contribution in [2.45, 2.75) is 32.2 Å². The molecule has 0 unspecified atom stereocenters. The second kappa shape index (κ2) is 7.78. The van der Waals surface area contributed by atoms with Gasteiger partial charge in [0.2, 0.25) is 5.91 Å². The zero-order valence-corrected chi connectivity index (χ0v) is 15.4. The van der Waals surface area contributed by atoms with E-state index in [9.17, 15) is 9.59 Å². The lowest BCUT2D eigenvalue weighted by atomic mass is 10.0. The van der Waals surface area contributed by atoms with Crippen LogP contribution in [0.3, 0.4) is 0 Å². The van der Waals surface area contributed by atoms with Crippen molar-refractivity contribution in [1.82, 2.24) is 9.88 Å². The second-order valence-electron chi connectivity index (χ2n) is 6.64. The summed E-state index contributed by atoms with van der Waals surface area (Å²) < 4.78 is 10.1. The first kappa shape index (κ1) is 18.3. The monoisotopic (exact) mass is 359 g/mol. The average molecular weight is 359 g/mol. The van der Waals surface area contributed by atoms with Crippen LogP contribution in [0.5, 0.6) is 5.75 Å². The van der Waals surface area contributed by atoms with E-state index < -0.39 is 5.97 Å². The number of esters is 1. The maximum atomic E-state index is 12.6. The number of piperidine rings is 1. The van der Waals surface area contributed by atoms with Gasteiger partial charge in [0.05, 0.1) is 32.0 Å². The van der Waals surface area contributed by atoms with Crippen LogP contribution in [0.4, 0.5) is 5.69 Å². The SMILES string of the molecule is COC(=O)c1[nH]c2cc(OC)ccc2c1NC(=O)CN1CCCC[C@@H]1C. The van der Waals surface area contributed by atoms with Gasteiger partial charge in [-0.25, -0.2) is 4.79 Å². The fraction of sp³-hybridized carbons (Fsp3) is 0.474. The lowest BCUT2D eigenvalue weighted by Gasteiger charge is -2.32. The minimum Gasteiger partial charge on any atom is -0.497 e. The van der Waals surface area contributed by atoms with Crippen LogP contribution in [0.2, 0.25) is 0 Å². The number of ether oxygens (including phenoxy) is 2. The van der Waals surface area contributed by atoms with Gasteiger partial charge in [0.15, 0.2) is 0 Å². The average Bonchev–Trinajstić information content (AvgIpc) is 3.00. The van der Waals surface area contributed by atoms with Crippen molar-refractivity contribution in [3.8, 4) is 5.75 Å². The maximum Gasteiger partial charge on any atom is 0.356 e. The molecule has 7 heteroatoms. The minimum atomic E-state index is -0.526. The Hall–Kier alpha value is -2.54. The fourth-order valence-electron chi connectivity index (χ4n) is 3.44. The number of amides is 1. The zero-order chi connectivity index (χ0) is 18.7. The van der Waals surface area contributed by atoms with Crippen LogP contribution in [-0.4, -0.2) is 55.1 Å². The first-order valence-corrected chi connectivity index (χ1v) is 8.85. The molecule has 3 rings (SSSR count). The first-order valence-electron chi connectivity index (χ1n) is 8.85. The van der Waals surface area contributed by atoms with Gasteiger partial charge in [-0.15, -0.1) is 0 Å². The van der Waals surface area contributed by atoms with E-state index in [0.29, 0.717) is 29.5 Å². The summed E-state index contributed by atoms with van der Waals surface area (Å²) in [6.45, 7) is 3.37. The summed E-state index contributed by atoms with van der Waals surface area (Å²) in [5, 5.41) is 3.64. The van der Waals surface area contributed by atoms with E-state index in [4.69, 9.17) is 9.47 Å². The normalized spacial score (nSPS) is 17.9. The van der Waals surface area contributed by atoms with Crippen molar-refractivity contribution in [2.24, 2.45) is 0 Å². The number of fused-ring (bicyclic) bond motifs is 1. The van der Waals surface area contributed by atoms with Crippen molar-refractivity contribution in [1.29, 1.82) is 0 Å². The largest absolute Gasteiger partial charge is 0.497 e. The van der Waals surface area contributed by atoms with Gasteiger partial charge in [0, 0.05) is 17.5 Å². The summed E-state index contributed by atoms with van der Waals surface area (Å²) in [4.78, 5) is 29.9. The quantitative estimate of drug-likeness (QED) is 0.802. The fourth-order valence-corrected chi connectivity index (χ4v) is 3.44. The highest BCUT2D eigenvalue weighted by molar-refractivity contribution is 6.11. The highest BCUT2D eigenvalue weighted by Crippen LogP contribution is 2.31. The van der Waals surface area contributed by atoms with Gasteiger partial charge in [-0.2, -0.15) is 0 Å². The predicted octanol–water partition coefficient (Wildman–Crippen LogP) is 2.78. The standard InChI is InChI=1S/C19H25N3O4/c1-12-6-4-5-9-22(12)11-16(23)21-17-14-8-7-13(25-2)10-15(14)20-18(17)19(24)26-3/h7-8,10,12,20H,4-6,9,11H2,1-3H3,(H,21,23)/t12-/m0/s1. The summed E-state index contributed by atoms with van der Waals surface area (Å²) in [6, 6.07) is 5.78. The number of carbonyl (C=O) groups is 2. The number of hydrogen-bond donors (Lipinski definition) is 2. The molecular formula is C19H25N3O4. The lowest BCUT2D eigenvalue weighted by molar-refractivity contribution is -0.118. The summed E-state index contributed by atoms with van der Waals surface area (Å²) >= 11 is 0. The predicted molar refractivity (Wildman–Crippen MR) is 99.7 cm³/mol. The Bertz CT molecular complexity index is 814. The number of likely N-dealkylation sites (tertiary alicyclic amines) is 1. The van der Waals surface area contributed by atoms with E-state index in [1.165, 1.54) is 13.5 Å². The molecule has 1 aliphatic heterocycles. The number of hydrogen-bond acceptors (Lipinski definition) is 5. The summed E-state index contributed by atoms with van der Waals surface area (Å²) in [6.07, 6.45) is 3.42. The van der Waals surface area contributed by atoms with Gasteiger partial charge >= 0.3 is 5.97 Å². The molecule has 26 heavy (non-hydrogen) atoms. The van der Waals surface area contributed by atoms with Crippen LogP contribution in [-0.2, 0) is 9.53 Å². The molecule has 0 radical (unpaired) electrons. The van der Waals surface area contributed by atoms with Crippen LogP contribution >= 0.6 is 0 Å². The smallest absolute Gasteiger partial charge is 0.356 e. The molecule has 1 fully saturated rings. The summed E-state index contributed by atoms with van der Waals surface area (Å²) in [7, 11) is 2.89. The molecule has 140 valence electrons. The third-order valence-electron chi connectivity index (χ3n) is 4.95. The third-order valence-corrected chi connectivity index (χ3v) is 4.95. The van der Waals surface area contributed by atoms with E-state index in [1.54, 1.807) is 19.2 Å². The number of nitrogens with one attached hydrogen (secondary N) is 2. The Morgan fingerprint density at radius 3 is 2.81 bits per heavy atom. The highest BCUT2D eigenvalue weighted by Gasteiger charge is 2.24. The topological polar surface area (TPSA) is 83.7 Å². The number of methoxy groups -OCH3 is 2. The zero-order valence-electron chi connectivity index (χ0n) is 15.4. The van der Waals surface area contributed by atoms with Crippen molar-refractivity contribution in [2.75, 3.05) is 32.6 Å². The maximum absolute atomic E-state index is 12.6. The van der Waals surface area contributed by atoms with Gasteiger partial charge in [-0.1, -0.05) is 6.42 Å². The Labute approximate surface area is 152 Å². The van der Waals surface area contributed by atoms with E-state index in [1.807, 2.05) is 6.07 Å². The number of nitrogens with zero attached hydrogens (tertiary/aromatic N) is 1. The molecule has 0 bridgehead atoms. The molecule has 7 nitrogen and oxygen atoms in total. The number of benzene rings is 1. The van der Waals surface area contributed by atoms with Crippen LogP contribution in [0.1, 0.15) is 36.7 Å². The molecule has 2 aromatic rings. The molecule has 1 atom stereocenters. The highest BCUT2D eigenvalue weighted by atomic mass is 16.5. The Balaban J connectivity index is 1.87. The molecule has 1 amide bonds. The Morgan fingerprint density at radius 2 is 2.12 bits per heavy atom. The van der Waals surface area contributed by atoms with Gasteiger partial charge in [-0.05, 0) is 38.4 Å². The molecule has 1 aliphatic rings. The minimum absolute atomic E-state index is 0.138. The molecule has 0 aliphatic carbocycles. The van der Waals surface area contributed by atoms with Gasteiger partial charge in [-0.3, -0.25) is 9.69 Å². The third kappa shape index (κ3) is 3.67. The molecule has 2 heterocycles. The molecule has 0 spiro atoms.